The van der Waals surface area contributed by atoms with E-state index in [2.05, 4.69) is 0 Å². The van der Waals surface area contributed by atoms with Crippen LogP contribution in [0, 0.1) is 0 Å². The number of hydrogen-bond acceptors (Lipinski definition) is 5. The molecule has 0 aromatic heterocycles. The van der Waals surface area contributed by atoms with Gasteiger partial charge in [-0.2, -0.15) is 16.8 Å². The maximum atomic E-state index is 9.19. The van der Waals surface area contributed by atoms with Crippen LogP contribution in [0.3, 0.4) is 0 Å². The predicted octanol–water partition coefficient (Wildman–Crippen LogP) is -2.08. The molecule has 6 N–H and O–H groups in total. The van der Waals surface area contributed by atoms with Gasteiger partial charge >= 0.3 is 18.2 Å². The summed E-state index contributed by atoms with van der Waals surface area (Å²) in [6, 6.07) is 0. The molecule has 0 spiro atoms. The van der Waals surface area contributed by atoms with E-state index in [1.165, 1.54) is 0 Å². The second kappa shape index (κ2) is 7.21. The van der Waals surface area contributed by atoms with E-state index < -0.39 is 28.3 Å². The first-order valence-corrected chi connectivity index (χ1v) is 7.22. The first-order valence-electron chi connectivity index (χ1n) is 2.41. The van der Waals surface area contributed by atoms with Crippen LogP contribution in [0.25, 0.3) is 0 Å². The lowest BCUT2D eigenvalue weighted by Crippen LogP contribution is -1.89. The smallest absolute Gasteiger partial charge is 0.303 e. The van der Waals surface area contributed by atoms with E-state index in [-0.39, 0.29) is 0 Å². The minimum Gasteiger partial charge on any atom is -0.303 e. The molecule has 0 saturated heterocycles. The molecular formula is CH9O11PS2. The fourth-order valence-electron chi connectivity index (χ4n) is 0. The molecule has 0 amide bonds. The van der Waals surface area contributed by atoms with Gasteiger partial charge in [-0.15, -0.1) is 0 Å². The fraction of sp³-hybridized carbons (Fsp3) is 1.00. The molecule has 0 aliphatic rings. The van der Waals surface area contributed by atoms with Crippen LogP contribution in [-0.2, 0) is 25.1 Å². The van der Waals surface area contributed by atoms with E-state index in [9.17, 15) is 8.42 Å². The Hall–Kier alpha value is -0.110. The molecule has 0 aromatic carbocycles. The van der Waals surface area contributed by atoms with Crippen LogP contribution < -0.4 is 0 Å². The van der Waals surface area contributed by atoms with Crippen molar-refractivity contribution in [3.63, 3.8) is 0 Å². The first kappa shape index (κ1) is 20.3. The first-order chi connectivity index (χ1) is 6.00. The molecular weight excluding hydrogens is 283 g/mol. The average Bonchev–Trinajstić information content (AvgIpc) is 1.41. The van der Waals surface area contributed by atoms with E-state index in [0.29, 0.717) is 6.26 Å². The average molecular weight is 292 g/mol. The Kier molecular flexibility index (Phi) is 9.77. The highest BCUT2D eigenvalue weighted by molar-refractivity contribution is 7.85. The molecule has 0 radical (unpaired) electrons. The number of hydrogen-bond donors (Lipinski definition) is 6. The highest BCUT2D eigenvalue weighted by Gasteiger charge is 2.00. The van der Waals surface area contributed by atoms with Crippen molar-refractivity contribution < 1.29 is 49.7 Å². The Morgan fingerprint density at radius 1 is 0.867 bits per heavy atom. The lowest BCUT2D eigenvalue weighted by molar-refractivity contribution is 0.275. The summed E-state index contributed by atoms with van der Waals surface area (Å²) in [5.74, 6) is 0. The molecule has 0 aliphatic carbocycles. The van der Waals surface area contributed by atoms with Gasteiger partial charge in [-0.1, -0.05) is 0 Å². The minimum atomic E-state index is -4.67. The van der Waals surface area contributed by atoms with E-state index in [1.807, 2.05) is 0 Å². The Balaban J connectivity index is -0.000000144. The molecule has 0 atom stereocenters. The van der Waals surface area contributed by atoms with Crippen LogP contribution >= 0.6 is 7.82 Å². The van der Waals surface area contributed by atoms with Crippen molar-refractivity contribution in [1.82, 2.24) is 0 Å². The maximum Gasteiger partial charge on any atom is 0.466 e. The monoisotopic (exact) mass is 292 g/mol. The van der Waals surface area contributed by atoms with E-state index in [0.717, 1.165) is 0 Å². The third-order valence-corrected chi connectivity index (χ3v) is 0. The summed E-state index contributed by atoms with van der Waals surface area (Å²) < 4.78 is 66.3. The van der Waals surface area contributed by atoms with Gasteiger partial charge in [-0.3, -0.25) is 13.7 Å². The summed E-state index contributed by atoms with van der Waals surface area (Å²) in [7, 11) is -13.0. The lowest BCUT2D eigenvalue weighted by atomic mass is 12.0. The van der Waals surface area contributed by atoms with Crippen molar-refractivity contribution in [1.29, 1.82) is 0 Å². The van der Waals surface area contributed by atoms with Crippen molar-refractivity contribution in [2.45, 2.75) is 0 Å². The molecule has 15 heavy (non-hydrogen) atoms. The quantitative estimate of drug-likeness (QED) is 0.211. The molecule has 0 saturated carbocycles. The van der Waals surface area contributed by atoms with Crippen LogP contribution in [0.1, 0.15) is 0 Å². The second-order valence-electron chi connectivity index (χ2n) is 1.69. The second-order valence-corrected chi connectivity index (χ2v) is 5.08. The third kappa shape index (κ3) is 162000. The zero-order valence-corrected chi connectivity index (χ0v) is 9.52. The summed E-state index contributed by atoms with van der Waals surface area (Å²) >= 11 is 0. The molecule has 0 fully saturated rings. The Bertz CT molecular complexity index is 326. The predicted molar refractivity (Wildman–Crippen MR) is 45.9 cm³/mol. The molecule has 14 heteroatoms. The van der Waals surface area contributed by atoms with E-state index >= 15 is 0 Å². The molecule has 11 nitrogen and oxygen atoms in total. The van der Waals surface area contributed by atoms with Gasteiger partial charge in [-0.25, -0.2) is 4.57 Å². The van der Waals surface area contributed by atoms with Crippen molar-refractivity contribution in [3.8, 4) is 0 Å². The minimum absolute atomic E-state index is 0.715. The maximum absolute atomic E-state index is 9.19. The van der Waals surface area contributed by atoms with Gasteiger partial charge in [0.25, 0.3) is 10.1 Å². The lowest BCUT2D eigenvalue weighted by Gasteiger charge is -1.82. The van der Waals surface area contributed by atoms with Crippen molar-refractivity contribution in [2.24, 2.45) is 0 Å². The van der Waals surface area contributed by atoms with E-state index in [4.69, 9.17) is 41.3 Å². The fourth-order valence-corrected chi connectivity index (χ4v) is 0. The molecule has 0 aromatic rings. The Morgan fingerprint density at radius 2 is 0.867 bits per heavy atom. The summed E-state index contributed by atoms with van der Waals surface area (Å²) in [6.45, 7) is 0. The Morgan fingerprint density at radius 3 is 0.867 bits per heavy atom. The Labute approximate surface area is 84.9 Å². The van der Waals surface area contributed by atoms with Gasteiger partial charge in [0.15, 0.2) is 0 Å². The van der Waals surface area contributed by atoms with Gasteiger partial charge < -0.3 is 14.7 Å². The summed E-state index contributed by atoms with van der Waals surface area (Å²) in [5, 5.41) is 0. The van der Waals surface area contributed by atoms with Crippen molar-refractivity contribution in [2.75, 3.05) is 6.26 Å². The number of phosphoric acid groups is 1. The van der Waals surface area contributed by atoms with Crippen LogP contribution in [0.4, 0.5) is 0 Å². The number of rotatable bonds is 0. The standard InChI is InChI=1S/CH4O3S.H3O4P.H2O4S/c3*1-5(2,3)4/h1H3,(H,2,3,4);(H3,1,2,3,4);(H2,1,2,3,4). The molecule has 0 aliphatic heterocycles. The molecule has 0 rings (SSSR count). The van der Waals surface area contributed by atoms with Crippen LogP contribution in [0.5, 0.6) is 0 Å². The van der Waals surface area contributed by atoms with Crippen LogP contribution in [0.2, 0.25) is 0 Å². The van der Waals surface area contributed by atoms with Gasteiger partial charge in [0.2, 0.25) is 0 Å². The summed E-state index contributed by atoms with van der Waals surface area (Å²) in [6.07, 6.45) is 0.715. The van der Waals surface area contributed by atoms with E-state index in [1.54, 1.807) is 0 Å². The third-order valence-electron chi connectivity index (χ3n) is 0. The van der Waals surface area contributed by atoms with Gasteiger partial charge in [0, 0.05) is 0 Å². The molecule has 0 unspecified atom stereocenters. The zero-order valence-electron chi connectivity index (χ0n) is 6.99. The summed E-state index contributed by atoms with van der Waals surface area (Å²) in [4.78, 5) is 21.6. The van der Waals surface area contributed by atoms with Gasteiger partial charge in [0.05, 0.1) is 6.26 Å². The topological polar surface area (TPSA) is 207 Å². The zero-order chi connectivity index (χ0) is 13.5. The van der Waals surface area contributed by atoms with Gasteiger partial charge in [0.1, 0.15) is 0 Å². The molecule has 96 valence electrons. The largest absolute Gasteiger partial charge is 0.466 e. The molecule has 0 heterocycles. The van der Waals surface area contributed by atoms with Gasteiger partial charge in [-0.05, 0) is 0 Å². The molecule has 0 bridgehead atoms. The summed E-state index contributed by atoms with van der Waals surface area (Å²) in [5.41, 5.74) is 0. The normalized spacial score (nSPS) is 11.7. The van der Waals surface area contributed by atoms with Crippen molar-refractivity contribution >= 4 is 28.3 Å². The highest BCUT2D eigenvalue weighted by atomic mass is 32.3. The SMILES string of the molecule is CS(=O)(=O)O.O=P(O)(O)O.O=S(=O)(O)O. The highest BCUT2D eigenvalue weighted by Crippen LogP contribution is 2.25. The van der Waals surface area contributed by atoms with Crippen molar-refractivity contribution in [3.05, 3.63) is 0 Å². The van der Waals surface area contributed by atoms with Crippen LogP contribution in [0.15, 0.2) is 0 Å². The van der Waals surface area contributed by atoms with Crippen LogP contribution in [-0.4, -0.2) is 51.4 Å².